The summed E-state index contributed by atoms with van der Waals surface area (Å²) in [5, 5.41) is 3.73. The molecule has 3 fully saturated rings. The summed E-state index contributed by atoms with van der Waals surface area (Å²) in [6.07, 6.45) is 4.49. The maximum absolute atomic E-state index is 5.65. The number of nitrogens with one attached hydrogen (secondary N) is 1. The molecule has 1 heterocycles. The third-order valence-electron chi connectivity index (χ3n) is 6.54. The summed E-state index contributed by atoms with van der Waals surface area (Å²) in [5.74, 6) is 3.18. The molecule has 5 rings (SSSR count). The van der Waals surface area contributed by atoms with Gasteiger partial charge in [-0.05, 0) is 60.3 Å². The van der Waals surface area contributed by atoms with E-state index in [1.807, 2.05) is 24.3 Å². The summed E-state index contributed by atoms with van der Waals surface area (Å²) in [6, 6.07) is 8.66. The standard InChI is InChI=1S/C20H25BrN2O/c1-12-17-8-14(20(17,2)3)9-18(12)22-10-16-11-24-19(23-16)13-4-6-15(21)7-5-13/h4-7,11-12,14,17-18,22H,8-10H2,1-3H3/t12-,14+,17-,18-/m1/s1. The van der Waals surface area contributed by atoms with Gasteiger partial charge in [-0.2, -0.15) is 0 Å². The molecule has 4 atom stereocenters. The first-order valence-electron chi connectivity index (χ1n) is 8.89. The second kappa shape index (κ2) is 5.99. The average Bonchev–Trinajstić information content (AvgIpc) is 3.03. The van der Waals surface area contributed by atoms with Gasteiger partial charge < -0.3 is 9.73 Å². The van der Waals surface area contributed by atoms with Gasteiger partial charge in [-0.25, -0.2) is 4.98 Å². The number of oxazole rings is 1. The van der Waals surface area contributed by atoms with Crippen LogP contribution in [0.15, 0.2) is 39.4 Å². The van der Waals surface area contributed by atoms with Gasteiger partial charge in [0.2, 0.25) is 5.89 Å². The van der Waals surface area contributed by atoms with Gasteiger partial charge in [0.25, 0.3) is 0 Å². The van der Waals surface area contributed by atoms with E-state index in [1.165, 1.54) is 12.8 Å². The Bertz CT molecular complexity index is 721. The lowest BCUT2D eigenvalue weighted by Gasteiger charge is -2.62. The van der Waals surface area contributed by atoms with Crippen molar-refractivity contribution in [2.24, 2.45) is 23.2 Å². The highest BCUT2D eigenvalue weighted by Gasteiger charge is 2.55. The van der Waals surface area contributed by atoms with Crippen LogP contribution in [0, 0.1) is 23.2 Å². The van der Waals surface area contributed by atoms with Crippen molar-refractivity contribution in [2.45, 2.75) is 46.2 Å². The molecule has 3 aliphatic rings. The van der Waals surface area contributed by atoms with Gasteiger partial charge in [-0.15, -0.1) is 0 Å². The number of hydrogen-bond donors (Lipinski definition) is 1. The molecular weight excluding hydrogens is 364 g/mol. The number of halogens is 1. The molecule has 0 aliphatic heterocycles. The van der Waals surface area contributed by atoms with Crippen molar-refractivity contribution < 1.29 is 4.42 Å². The summed E-state index contributed by atoms with van der Waals surface area (Å²) < 4.78 is 6.72. The molecule has 3 aliphatic carbocycles. The topological polar surface area (TPSA) is 38.1 Å². The minimum atomic E-state index is 0.542. The first kappa shape index (κ1) is 16.3. The monoisotopic (exact) mass is 388 g/mol. The molecule has 3 saturated carbocycles. The molecule has 2 aromatic rings. The fourth-order valence-corrected chi connectivity index (χ4v) is 5.03. The molecule has 128 valence electrons. The van der Waals surface area contributed by atoms with E-state index < -0.39 is 0 Å². The summed E-state index contributed by atoms with van der Waals surface area (Å²) in [7, 11) is 0. The van der Waals surface area contributed by atoms with Crippen LogP contribution in [0.25, 0.3) is 11.5 Å². The molecule has 0 unspecified atom stereocenters. The Kier molecular flexibility index (Phi) is 4.08. The molecule has 0 spiro atoms. The second-order valence-electron chi connectivity index (χ2n) is 8.09. The predicted octanol–water partition coefficient (Wildman–Crippen LogP) is 5.26. The molecule has 1 N–H and O–H groups in total. The van der Waals surface area contributed by atoms with Crippen molar-refractivity contribution in [3.63, 3.8) is 0 Å². The maximum atomic E-state index is 5.65. The summed E-state index contributed by atoms with van der Waals surface area (Å²) in [4.78, 5) is 4.63. The number of aromatic nitrogens is 1. The first-order valence-corrected chi connectivity index (χ1v) is 9.68. The summed E-state index contributed by atoms with van der Waals surface area (Å²) in [5.41, 5.74) is 2.54. The minimum Gasteiger partial charge on any atom is -0.444 e. The lowest BCUT2D eigenvalue weighted by Crippen LogP contribution is -2.59. The third kappa shape index (κ3) is 2.74. The zero-order chi connectivity index (χ0) is 16.9. The smallest absolute Gasteiger partial charge is 0.226 e. The van der Waals surface area contributed by atoms with Crippen molar-refractivity contribution in [3.8, 4) is 11.5 Å². The fraction of sp³-hybridized carbons (Fsp3) is 0.550. The Morgan fingerprint density at radius 2 is 2.00 bits per heavy atom. The maximum Gasteiger partial charge on any atom is 0.226 e. The van der Waals surface area contributed by atoms with E-state index in [-0.39, 0.29) is 0 Å². The Hall–Kier alpha value is -1.13. The SMILES string of the molecule is C[C@@H]1[C@H]2C[C@@H](C[C@H]1NCc1coc(-c3ccc(Br)cc3)n1)C2(C)C. The van der Waals surface area contributed by atoms with Crippen molar-refractivity contribution >= 4 is 15.9 Å². The molecule has 24 heavy (non-hydrogen) atoms. The van der Waals surface area contributed by atoms with Gasteiger partial charge in [0.1, 0.15) is 6.26 Å². The van der Waals surface area contributed by atoms with Gasteiger partial charge in [0, 0.05) is 22.6 Å². The molecular formula is C20H25BrN2O. The van der Waals surface area contributed by atoms with Crippen LogP contribution < -0.4 is 5.32 Å². The van der Waals surface area contributed by atoms with E-state index in [0.29, 0.717) is 17.3 Å². The molecule has 0 radical (unpaired) electrons. The van der Waals surface area contributed by atoms with Crippen LogP contribution in [0.5, 0.6) is 0 Å². The lowest BCUT2D eigenvalue weighted by molar-refractivity contribution is -0.115. The van der Waals surface area contributed by atoms with Crippen LogP contribution in [-0.4, -0.2) is 11.0 Å². The first-order chi connectivity index (χ1) is 11.4. The number of rotatable bonds is 4. The molecule has 2 bridgehead atoms. The van der Waals surface area contributed by atoms with E-state index in [2.05, 4.69) is 47.0 Å². The number of hydrogen-bond acceptors (Lipinski definition) is 3. The molecule has 4 heteroatoms. The second-order valence-corrected chi connectivity index (χ2v) is 9.01. The van der Waals surface area contributed by atoms with E-state index in [1.54, 1.807) is 6.26 Å². The molecule has 0 saturated heterocycles. The zero-order valence-corrected chi connectivity index (χ0v) is 16.1. The summed E-state index contributed by atoms with van der Waals surface area (Å²) in [6.45, 7) is 8.09. The molecule has 0 amide bonds. The average molecular weight is 389 g/mol. The molecule has 3 nitrogen and oxygen atoms in total. The largest absolute Gasteiger partial charge is 0.444 e. The highest BCUT2D eigenvalue weighted by Crippen LogP contribution is 2.61. The van der Waals surface area contributed by atoms with Gasteiger partial charge >= 0.3 is 0 Å². The third-order valence-corrected chi connectivity index (χ3v) is 7.07. The fourth-order valence-electron chi connectivity index (χ4n) is 4.77. The summed E-state index contributed by atoms with van der Waals surface area (Å²) >= 11 is 3.45. The highest BCUT2D eigenvalue weighted by atomic mass is 79.9. The van der Waals surface area contributed by atoms with Crippen molar-refractivity contribution in [1.29, 1.82) is 0 Å². The van der Waals surface area contributed by atoms with Crippen LogP contribution in [0.3, 0.4) is 0 Å². The van der Waals surface area contributed by atoms with Crippen molar-refractivity contribution in [3.05, 3.63) is 40.7 Å². The quantitative estimate of drug-likeness (QED) is 0.775. The number of benzene rings is 1. The number of nitrogens with zero attached hydrogens (tertiary/aromatic N) is 1. The van der Waals surface area contributed by atoms with E-state index in [4.69, 9.17) is 4.42 Å². The van der Waals surface area contributed by atoms with Crippen LogP contribution >= 0.6 is 15.9 Å². The van der Waals surface area contributed by atoms with Gasteiger partial charge in [-0.3, -0.25) is 0 Å². The van der Waals surface area contributed by atoms with Crippen LogP contribution in [0.1, 0.15) is 39.3 Å². The zero-order valence-electron chi connectivity index (χ0n) is 14.6. The van der Waals surface area contributed by atoms with Crippen LogP contribution in [-0.2, 0) is 6.54 Å². The van der Waals surface area contributed by atoms with Crippen LogP contribution in [0.4, 0.5) is 0 Å². The Balaban J connectivity index is 1.38. The van der Waals surface area contributed by atoms with Crippen molar-refractivity contribution in [2.75, 3.05) is 0 Å². The van der Waals surface area contributed by atoms with Gasteiger partial charge in [0.05, 0.1) is 5.69 Å². The Morgan fingerprint density at radius 1 is 1.25 bits per heavy atom. The normalized spacial score (nSPS) is 30.8. The molecule has 1 aromatic heterocycles. The van der Waals surface area contributed by atoms with Crippen LogP contribution in [0.2, 0.25) is 0 Å². The highest BCUT2D eigenvalue weighted by molar-refractivity contribution is 9.10. The Morgan fingerprint density at radius 3 is 2.67 bits per heavy atom. The predicted molar refractivity (Wildman–Crippen MR) is 99.4 cm³/mol. The van der Waals surface area contributed by atoms with E-state index in [9.17, 15) is 0 Å². The lowest BCUT2D eigenvalue weighted by atomic mass is 9.45. The van der Waals surface area contributed by atoms with Gasteiger partial charge in [-0.1, -0.05) is 36.7 Å². The number of fused-ring (bicyclic) bond motifs is 2. The van der Waals surface area contributed by atoms with E-state index in [0.717, 1.165) is 40.0 Å². The van der Waals surface area contributed by atoms with Gasteiger partial charge in [0.15, 0.2) is 0 Å². The minimum absolute atomic E-state index is 0.542. The van der Waals surface area contributed by atoms with Crippen molar-refractivity contribution in [1.82, 2.24) is 10.3 Å². The Labute approximate surface area is 152 Å². The van der Waals surface area contributed by atoms with E-state index >= 15 is 0 Å². The molecule has 1 aromatic carbocycles.